The minimum atomic E-state index is -0.603. The van der Waals surface area contributed by atoms with Crippen LogP contribution < -0.4 is 5.32 Å². The summed E-state index contributed by atoms with van der Waals surface area (Å²) in [5, 5.41) is 15.4. The molecule has 0 spiro atoms. The van der Waals surface area contributed by atoms with Gasteiger partial charge in [-0.1, -0.05) is 27.2 Å². The summed E-state index contributed by atoms with van der Waals surface area (Å²) in [5.74, 6) is 1.81. The molecule has 0 saturated heterocycles. The van der Waals surface area contributed by atoms with Gasteiger partial charge in [-0.2, -0.15) is 0 Å². The largest absolute Gasteiger partial charge is 0.390 e. The Kier molecular flexibility index (Phi) is 7.03. The highest BCUT2D eigenvalue weighted by molar-refractivity contribution is 7.21. The molecule has 3 heterocycles. The van der Waals surface area contributed by atoms with E-state index in [0.29, 0.717) is 0 Å². The summed E-state index contributed by atoms with van der Waals surface area (Å²) in [6.07, 6.45) is 5.22. The van der Waals surface area contributed by atoms with Gasteiger partial charge in [0.1, 0.15) is 22.2 Å². The summed E-state index contributed by atoms with van der Waals surface area (Å²) in [5.41, 5.74) is 3.13. The van der Waals surface area contributed by atoms with Crippen LogP contribution in [0, 0.1) is 26.7 Å². The molecule has 1 unspecified atom stereocenters. The minimum Gasteiger partial charge on any atom is -0.390 e. The molecule has 7 heteroatoms. The molecule has 6 nitrogen and oxygen atoms in total. The molecule has 3 rings (SSSR count). The first-order valence-corrected chi connectivity index (χ1v) is 11.7. The lowest BCUT2D eigenvalue weighted by Crippen LogP contribution is -2.37. The Labute approximate surface area is 183 Å². The van der Waals surface area contributed by atoms with Crippen LogP contribution in [0.2, 0.25) is 0 Å². The second kappa shape index (κ2) is 9.35. The number of nitrogens with one attached hydrogen (secondary N) is 1. The van der Waals surface area contributed by atoms with Gasteiger partial charge in [0, 0.05) is 12.7 Å². The smallest absolute Gasteiger partial charge is 0.140 e. The van der Waals surface area contributed by atoms with Crippen molar-refractivity contribution in [2.75, 3.05) is 11.9 Å². The molecule has 3 aromatic rings. The molecular weight excluding hydrogens is 394 g/mol. The quantitative estimate of drug-likeness (QED) is 0.472. The van der Waals surface area contributed by atoms with Gasteiger partial charge in [-0.15, -0.1) is 11.3 Å². The molecule has 3 aromatic heterocycles. The Hall–Kier alpha value is -2.12. The number of aliphatic hydroxyl groups is 1. The maximum absolute atomic E-state index is 10.9. The number of hydrogen-bond donors (Lipinski definition) is 2. The van der Waals surface area contributed by atoms with E-state index in [1.807, 2.05) is 33.0 Å². The first-order valence-electron chi connectivity index (χ1n) is 10.9. The number of nitrogens with zero attached hydrogens (tertiary/aromatic N) is 4. The van der Waals surface area contributed by atoms with E-state index in [-0.39, 0.29) is 5.92 Å². The van der Waals surface area contributed by atoms with Crippen molar-refractivity contribution in [2.24, 2.45) is 5.92 Å². The third-order valence-electron chi connectivity index (χ3n) is 6.17. The van der Waals surface area contributed by atoms with Crippen LogP contribution >= 0.6 is 11.3 Å². The zero-order chi connectivity index (χ0) is 21.9. The summed E-state index contributed by atoms with van der Waals surface area (Å²) < 4.78 is 1.12. The first-order chi connectivity index (χ1) is 14.3. The van der Waals surface area contributed by atoms with Crippen LogP contribution in [0.25, 0.3) is 20.8 Å². The summed E-state index contributed by atoms with van der Waals surface area (Å²) in [6.45, 7) is 12.9. The molecule has 0 aromatic carbocycles. The maximum Gasteiger partial charge on any atom is 0.140 e. The Balaban J connectivity index is 1.89. The van der Waals surface area contributed by atoms with E-state index in [4.69, 9.17) is 9.97 Å². The van der Waals surface area contributed by atoms with E-state index in [1.54, 1.807) is 11.3 Å². The monoisotopic (exact) mass is 427 g/mol. The lowest BCUT2D eigenvalue weighted by molar-refractivity contribution is -0.0293. The minimum absolute atomic E-state index is 0.253. The third kappa shape index (κ3) is 4.47. The van der Waals surface area contributed by atoms with Crippen molar-refractivity contribution in [3.8, 4) is 10.6 Å². The van der Waals surface area contributed by atoms with E-state index in [9.17, 15) is 5.11 Å². The van der Waals surface area contributed by atoms with Gasteiger partial charge in [0.2, 0.25) is 0 Å². The van der Waals surface area contributed by atoms with Crippen LogP contribution in [0.4, 0.5) is 5.82 Å². The van der Waals surface area contributed by atoms with Gasteiger partial charge in [-0.3, -0.25) is 4.98 Å². The van der Waals surface area contributed by atoms with Gasteiger partial charge < -0.3 is 10.4 Å². The standard InChI is InChI=1S/C23H33N5OS/c1-7-17(23(29,8-2)9-3)10-12-25-21-19(14(4)26-16(6)27-21)22-28-20-15(5)24-13-11-18(20)30-22/h11,13,17,29H,7-10,12H2,1-6H3,(H,25,26,27). The van der Waals surface area contributed by atoms with E-state index in [0.717, 1.165) is 76.0 Å². The Bertz CT molecular complexity index is 1010. The summed E-state index contributed by atoms with van der Waals surface area (Å²) >= 11 is 1.64. The van der Waals surface area contributed by atoms with Crippen molar-refractivity contribution < 1.29 is 5.11 Å². The van der Waals surface area contributed by atoms with Crippen LogP contribution in [-0.4, -0.2) is 37.2 Å². The Morgan fingerprint density at radius 1 is 1.07 bits per heavy atom. The average molecular weight is 428 g/mol. The molecule has 0 aliphatic rings. The molecule has 2 N–H and O–H groups in total. The molecule has 162 valence electrons. The second-order valence-electron chi connectivity index (χ2n) is 7.97. The molecular formula is C23H33N5OS. The summed E-state index contributed by atoms with van der Waals surface area (Å²) in [4.78, 5) is 18.5. The van der Waals surface area contributed by atoms with Gasteiger partial charge >= 0.3 is 0 Å². The van der Waals surface area contributed by atoms with Crippen molar-refractivity contribution >= 4 is 27.4 Å². The lowest BCUT2D eigenvalue weighted by atomic mass is 9.79. The SMILES string of the molecule is CCC(CCNc1nc(C)nc(C)c1-c1nc2c(C)nccc2s1)C(O)(CC)CC. The van der Waals surface area contributed by atoms with E-state index < -0.39 is 5.60 Å². The molecule has 0 aliphatic carbocycles. The lowest BCUT2D eigenvalue weighted by Gasteiger charge is -2.34. The summed E-state index contributed by atoms with van der Waals surface area (Å²) in [6, 6.07) is 2.00. The Morgan fingerprint density at radius 3 is 2.43 bits per heavy atom. The molecule has 0 fully saturated rings. The Morgan fingerprint density at radius 2 is 1.80 bits per heavy atom. The number of pyridine rings is 1. The predicted octanol–water partition coefficient (Wildman–Crippen LogP) is 5.45. The van der Waals surface area contributed by atoms with E-state index >= 15 is 0 Å². The zero-order valence-electron chi connectivity index (χ0n) is 18.9. The predicted molar refractivity (Wildman–Crippen MR) is 125 cm³/mol. The molecule has 0 aliphatic heterocycles. The third-order valence-corrected chi connectivity index (χ3v) is 7.21. The average Bonchev–Trinajstić information content (AvgIpc) is 3.15. The number of anilines is 1. The van der Waals surface area contributed by atoms with Crippen LogP contribution in [0.3, 0.4) is 0 Å². The second-order valence-corrected chi connectivity index (χ2v) is 9.00. The fraction of sp³-hybridized carbons (Fsp3) is 0.565. The van der Waals surface area contributed by atoms with Gasteiger partial charge in [0.15, 0.2) is 0 Å². The molecule has 0 bridgehead atoms. The topological polar surface area (TPSA) is 83.8 Å². The molecule has 0 saturated carbocycles. The van der Waals surface area contributed by atoms with Crippen LogP contribution in [0.15, 0.2) is 12.3 Å². The van der Waals surface area contributed by atoms with Gasteiger partial charge in [-0.25, -0.2) is 15.0 Å². The molecule has 30 heavy (non-hydrogen) atoms. The molecule has 0 amide bonds. The summed E-state index contributed by atoms with van der Waals surface area (Å²) in [7, 11) is 0. The number of thiazole rings is 1. The molecule has 1 atom stereocenters. The van der Waals surface area contributed by atoms with Crippen molar-refractivity contribution in [2.45, 2.75) is 72.8 Å². The first kappa shape index (κ1) is 22.6. The number of hydrogen-bond acceptors (Lipinski definition) is 7. The van der Waals surface area contributed by atoms with Crippen molar-refractivity contribution in [1.29, 1.82) is 0 Å². The highest BCUT2D eigenvalue weighted by Gasteiger charge is 2.31. The highest BCUT2D eigenvalue weighted by atomic mass is 32.1. The van der Waals surface area contributed by atoms with E-state index in [2.05, 4.69) is 36.1 Å². The van der Waals surface area contributed by atoms with Gasteiger partial charge in [0.05, 0.1) is 27.3 Å². The van der Waals surface area contributed by atoms with Crippen molar-refractivity contribution in [3.63, 3.8) is 0 Å². The van der Waals surface area contributed by atoms with Gasteiger partial charge in [-0.05, 0) is 52.0 Å². The van der Waals surface area contributed by atoms with Crippen LogP contribution in [0.1, 0.15) is 63.7 Å². The number of aromatic nitrogens is 4. The highest BCUT2D eigenvalue weighted by Crippen LogP contribution is 2.36. The zero-order valence-corrected chi connectivity index (χ0v) is 19.7. The van der Waals surface area contributed by atoms with Gasteiger partial charge in [0.25, 0.3) is 0 Å². The van der Waals surface area contributed by atoms with Crippen LogP contribution in [0.5, 0.6) is 0 Å². The fourth-order valence-electron chi connectivity index (χ4n) is 4.23. The normalized spacial score (nSPS) is 13.0. The number of aryl methyl sites for hydroxylation is 3. The molecule has 0 radical (unpaired) electrons. The van der Waals surface area contributed by atoms with Crippen molar-refractivity contribution in [3.05, 3.63) is 29.5 Å². The number of fused-ring (bicyclic) bond motifs is 1. The maximum atomic E-state index is 10.9. The number of rotatable bonds is 9. The van der Waals surface area contributed by atoms with E-state index in [1.165, 1.54) is 0 Å². The fourth-order valence-corrected chi connectivity index (χ4v) is 5.34. The van der Waals surface area contributed by atoms with Crippen molar-refractivity contribution in [1.82, 2.24) is 19.9 Å². The van der Waals surface area contributed by atoms with Crippen LogP contribution in [-0.2, 0) is 0 Å².